The van der Waals surface area contributed by atoms with Gasteiger partial charge in [-0.05, 0) is 23.8 Å². The molecule has 128 valence electrons. The van der Waals surface area contributed by atoms with Crippen molar-refractivity contribution >= 4 is 39.7 Å². The molecule has 0 saturated carbocycles. The zero-order chi connectivity index (χ0) is 18.2. The van der Waals surface area contributed by atoms with Crippen molar-refractivity contribution in [2.75, 3.05) is 6.61 Å². The highest BCUT2D eigenvalue weighted by Gasteiger charge is 2.15. The van der Waals surface area contributed by atoms with Gasteiger partial charge >= 0.3 is 5.97 Å². The van der Waals surface area contributed by atoms with E-state index in [4.69, 9.17) is 4.74 Å². The number of esters is 1. The molecule has 0 aliphatic rings. The lowest BCUT2D eigenvalue weighted by atomic mass is 10.1. The van der Waals surface area contributed by atoms with Crippen LogP contribution < -0.4 is 5.32 Å². The Morgan fingerprint density at radius 2 is 1.80 bits per heavy atom. The summed E-state index contributed by atoms with van der Waals surface area (Å²) in [7, 11) is 0. The summed E-state index contributed by atoms with van der Waals surface area (Å²) < 4.78 is 5.80. The smallest absolute Gasteiger partial charge is 0.355 e. The van der Waals surface area contributed by atoms with Gasteiger partial charge in [0.1, 0.15) is 5.70 Å². The predicted molar refractivity (Wildman–Crippen MR) is 97.7 cm³/mol. The van der Waals surface area contributed by atoms with E-state index >= 15 is 0 Å². The average molecular weight is 402 g/mol. The van der Waals surface area contributed by atoms with Crippen LogP contribution in [0.4, 0.5) is 0 Å². The highest BCUT2D eigenvalue weighted by molar-refractivity contribution is 9.10. The van der Waals surface area contributed by atoms with Crippen LogP contribution in [0.3, 0.4) is 0 Å². The van der Waals surface area contributed by atoms with Crippen molar-refractivity contribution in [3.05, 3.63) is 75.9 Å². The molecule has 2 rings (SSSR count). The van der Waals surface area contributed by atoms with Crippen molar-refractivity contribution in [2.45, 2.75) is 6.92 Å². The maximum Gasteiger partial charge on any atom is 0.355 e. The number of hydrogen-bond donors (Lipinski definition) is 1. The molecule has 0 unspecified atom stereocenters. The fourth-order valence-electron chi connectivity index (χ4n) is 2.01. The fraction of sp³-hybridized carbons (Fsp3) is 0.105. The molecule has 1 amide bonds. The number of nitrogens with one attached hydrogen (secondary N) is 1. The second-order valence-electron chi connectivity index (χ2n) is 5.16. The van der Waals surface area contributed by atoms with Gasteiger partial charge in [0.25, 0.3) is 0 Å². The molecule has 25 heavy (non-hydrogen) atoms. The molecule has 0 aromatic heterocycles. The summed E-state index contributed by atoms with van der Waals surface area (Å²) in [5, 5.41) is 2.43. The third-order valence-electron chi connectivity index (χ3n) is 3.12. The quantitative estimate of drug-likeness (QED) is 0.457. The third kappa shape index (κ3) is 6.00. The number of rotatable bonds is 6. The first kappa shape index (κ1) is 18.6. The Hall–Kier alpha value is -2.73. The number of ketones is 1. The zero-order valence-corrected chi connectivity index (χ0v) is 15.1. The molecule has 0 bridgehead atoms. The number of benzene rings is 2. The second-order valence-corrected chi connectivity index (χ2v) is 6.08. The van der Waals surface area contributed by atoms with Crippen molar-refractivity contribution in [3.63, 3.8) is 0 Å². The minimum Gasteiger partial charge on any atom is -0.453 e. The summed E-state index contributed by atoms with van der Waals surface area (Å²) in [6.07, 6.45) is 1.49. The second kappa shape index (κ2) is 8.94. The van der Waals surface area contributed by atoms with E-state index in [9.17, 15) is 14.4 Å². The molecule has 1 N–H and O–H groups in total. The maximum atomic E-state index is 12.2. The molecule has 0 radical (unpaired) electrons. The van der Waals surface area contributed by atoms with E-state index < -0.39 is 18.5 Å². The number of amides is 1. The van der Waals surface area contributed by atoms with Crippen LogP contribution in [0.25, 0.3) is 6.08 Å². The van der Waals surface area contributed by atoms with Crippen LogP contribution in [-0.4, -0.2) is 24.3 Å². The summed E-state index contributed by atoms with van der Waals surface area (Å²) in [5.41, 5.74) is 1.12. The lowest BCUT2D eigenvalue weighted by Gasteiger charge is -2.09. The third-order valence-corrected chi connectivity index (χ3v) is 3.62. The summed E-state index contributed by atoms with van der Waals surface area (Å²) in [6.45, 7) is 0.875. The van der Waals surface area contributed by atoms with Gasteiger partial charge < -0.3 is 10.1 Å². The molecular formula is C19H16BrNO4. The first-order valence-corrected chi connectivity index (χ1v) is 8.25. The Labute approximate surface area is 153 Å². The molecular weight excluding hydrogens is 386 g/mol. The number of carbonyl (C=O) groups is 3. The van der Waals surface area contributed by atoms with Gasteiger partial charge in [-0.3, -0.25) is 9.59 Å². The van der Waals surface area contributed by atoms with Crippen LogP contribution in [0.1, 0.15) is 22.8 Å². The van der Waals surface area contributed by atoms with Gasteiger partial charge in [0.15, 0.2) is 12.4 Å². The molecule has 0 atom stereocenters. The van der Waals surface area contributed by atoms with Gasteiger partial charge in [-0.1, -0.05) is 58.4 Å². The van der Waals surface area contributed by atoms with Crippen molar-refractivity contribution in [1.82, 2.24) is 5.32 Å². The largest absolute Gasteiger partial charge is 0.453 e. The summed E-state index contributed by atoms with van der Waals surface area (Å²) in [6, 6.07) is 15.8. The van der Waals surface area contributed by atoms with E-state index in [0.29, 0.717) is 5.56 Å². The normalized spacial score (nSPS) is 10.9. The molecule has 5 nitrogen and oxygen atoms in total. The highest BCUT2D eigenvalue weighted by atomic mass is 79.9. The van der Waals surface area contributed by atoms with Gasteiger partial charge in [-0.25, -0.2) is 4.79 Å². The molecule has 0 fully saturated rings. The zero-order valence-electron chi connectivity index (χ0n) is 13.5. The van der Waals surface area contributed by atoms with Crippen LogP contribution in [0.15, 0.2) is 64.8 Å². The highest BCUT2D eigenvalue weighted by Crippen LogP contribution is 2.12. The summed E-state index contributed by atoms with van der Waals surface area (Å²) in [4.78, 5) is 35.6. The van der Waals surface area contributed by atoms with Crippen molar-refractivity contribution in [1.29, 1.82) is 0 Å². The Bertz CT molecular complexity index is 815. The number of ether oxygens (including phenoxy) is 1. The molecule has 0 spiro atoms. The van der Waals surface area contributed by atoms with Gasteiger partial charge in [0, 0.05) is 17.0 Å². The summed E-state index contributed by atoms with van der Waals surface area (Å²) >= 11 is 3.28. The maximum absolute atomic E-state index is 12.2. The van der Waals surface area contributed by atoms with Crippen LogP contribution in [0, 0.1) is 0 Å². The minimum absolute atomic E-state index is 0.0271. The van der Waals surface area contributed by atoms with Crippen LogP contribution >= 0.6 is 15.9 Å². The standard InChI is InChI=1S/C19H16BrNO4/c1-13(22)21-17(10-14-6-3-2-4-7-14)19(24)25-12-18(23)15-8-5-9-16(20)11-15/h2-11H,12H2,1H3,(H,21,22)/b17-10-. The number of halogens is 1. The lowest BCUT2D eigenvalue weighted by molar-refractivity contribution is -0.139. The van der Waals surface area contributed by atoms with Gasteiger partial charge in [-0.15, -0.1) is 0 Å². The number of carbonyl (C=O) groups excluding carboxylic acids is 3. The van der Waals surface area contributed by atoms with Crippen molar-refractivity contribution < 1.29 is 19.1 Å². The van der Waals surface area contributed by atoms with E-state index in [0.717, 1.165) is 10.0 Å². The number of Topliss-reactive ketones (excluding diaryl/α,β-unsaturated/α-hetero) is 1. The average Bonchev–Trinajstić information content (AvgIpc) is 2.59. The Kier molecular flexibility index (Phi) is 6.65. The topological polar surface area (TPSA) is 72.5 Å². The molecule has 2 aromatic rings. The van der Waals surface area contributed by atoms with Crippen molar-refractivity contribution in [3.8, 4) is 0 Å². The summed E-state index contributed by atoms with van der Waals surface area (Å²) in [5.74, 6) is -1.52. The van der Waals surface area contributed by atoms with Gasteiger partial charge in [-0.2, -0.15) is 0 Å². The Morgan fingerprint density at radius 1 is 1.08 bits per heavy atom. The molecule has 0 aliphatic carbocycles. The van der Waals surface area contributed by atoms with Crippen LogP contribution in [0.5, 0.6) is 0 Å². The Morgan fingerprint density at radius 3 is 2.44 bits per heavy atom. The molecule has 0 saturated heterocycles. The minimum atomic E-state index is -0.776. The lowest BCUT2D eigenvalue weighted by Crippen LogP contribution is -2.27. The Balaban J connectivity index is 2.08. The molecule has 6 heteroatoms. The van der Waals surface area contributed by atoms with Crippen molar-refractivity contribution in [2.24, 2.45) is 0 Å². The van der Waals surface area contributed by atoms with E-state index in [-0.39, 0.29) is 11.5 Å². The molecule has 0 heterocycles. The van der Waals surface area contributed by atoms with E-state index in [1.807, 2.05) is 6.07 Å². The van der Waals surface area contributed by atoms with E-state index in [1.165, 1.54) is 13.0 Å². The first-order valence-electron chi connectivity index (χ1n) is 7.46. The van der Waals surface area contributed by atoms with Crippen LogP contribution in [-0.2, 0) is 14.3 Å². The van der Waals surface area contributed by atoms with Gasteiger partial charge in [0.2, 0.25) is 5.91 Å². The van der Waals surface area contributed by atoms with Crippen LogP contribution in [0.2, 0.25) is 0 Å². The predicted octanol–water partition coefficient (Wildman–Crippen LogP) is 3.35. The first-order chi connectivity index (χ1) is 12.0. The monoisotopic (exact) mass is 401 g/mol. The number of hydrogen-bond acceptors (Lipinski definition) is 4. The van der Waals surface area contributed by atoms with E-state index in [1.54, 1.807) is 48.5 Å². The fourth-order valence-corrected chi connectivity index (χ4v) is 2.40. The van der Waals surface area contributed by atoms with Gasteiger partial charge in [0.05, 0.1) is 0 Å². The molecule has 2 aromatic carbocycles. The molecule has 0 aliphatic heterocycles. The van der Waals surface area contributed by atoms with E-state index in [2.05, 4.69) is 21.2 Å². The SMILES string of the molecule is CC(=O)N/C(=C\c1ccccc1)C(=O)OCC(=O)c1cccc(Br)c1.